The third-order valence-corrected chi connectivity index (χ3v) is 4.15. The quantitative estimate of drug-likeness (QED) is 0.407. The van der Waals surface area contributed by atoms with E-state index < -0.39 is 17.3 Å². The molecule has 0 amide bonds. The van der Waals surface area contributed by atoms with Crippen molar-refractivity contribution in [2.45, 2.75) is 23.4 Å². The molecule has 0 spiro atoms. The molecule has 0 radical (unpaired) electrons. The van der Waals surface area contributed by atoms with Gasteiger partial charge in [0.25, 0.3) is 0 Å². The molecule has 23 heavy (non-hydrogen) atoms. The van der Waals surface area contributed by atoms with Crippen LogP contribution in [-0.4, -0.2) is 67.9 Å². The van der Waals surface area contributed by atoms with Crippen molar-refractivity contribution in [2.24, 2.45) is 0 Å². The molecule has 9 heteroatoms. The van der Waals surface area contributed by atoms with Gasteiger partial charge in [-0.05, 0) is 6.92 Å². The average Bonchev–Trinajstić information content (AvgIpc) is 2.60. The Balaban J connectivity index is 2.20. The van der Waals surface area contributed by atoms with Crippen LogP contribution in [0.1, 0.15) is 6.92 Å². The fraction of sp³-hybridized carbons (Fsp3) is 0.643. The summed E-state index contributed by atoms with van der Waals surface area (Å²) in [6, 6.07) is 1.56. The summed E-state index contributed by atoms with van der Waals surface area (Å²) in [4.78, 5) is 20.7. The molecule has 2 rings (SSSR count). The first kappa shape index (κ1) is 17.8. The molecule has 0 aromatic carbocycles. The number of ether oxygens (including phenoxy) is 5. The maximum absolute atomic E-state index is 12.3. The summed E-state index contributed by atoms with van der Waals surface area (Å²) in [6.07, 6.45) is -0.423. The van der Waals surface area contributed by atoms with Crippen LogP contribution in [0.2, 0.25) is 0 Å². The van der Waals surface area contributed by atoms with Gasteiger partial charge in [0.1, 0.15) is 11.4 Å². The van der Waals surface area contributed by atoms with Crippen molar-refractivity contribution in [1.29, 1.82) is 0 Å². The Morgan fingerprint density at radius 1 is 1.35 bits per heavy atom. The first-order valence-electron chi connectivity index (χ1n) is 7.17. The van der Waals surface area contributed by atoms with Crippen LogP contribution in [0.3, 0.4) is 0 Å². The first-order valence-corrected chi connectivity index (χ1v) is 8.05. The molecular weight excluding hydrogens is 324 g/mol. The van der Waals surface area contributed by atoms with Gasteiger partial charge in [-0.2, -0.15) is 9.97 Å². The lowest BCUT2D eigenvalue weighted by molar-refractivity contribution is -0.150. The maximum Gasteiger partial charge on any atom is 0.322 e. The number of methoxy groups -OCH3 is 2. The number of carbonyl (C=O) groups is 1. The second-order valence-electron chi connectivity index (χ2n) is 4.51. The number of esters is 1. The number of hydrogen-bond donors (Lipinski definition) is 0. The molecule has 1 fully saturated rings. The van der Waals surface area contributed by atoms with E-state index in [4.69, 9.17) is 23.7 Å². The zero-order chi connectivity index (χ0) is 16.7. The van der Waals surface area contributed by atoms with Gasteiger partial charge in [-0.3, -0.25) is 4.79 Å². The maximum atomic E-state index is 12.3. The monoisotopic (exact) mass is 344 g/mol. The smallest absolute Gasteiger partial charge is 0.322 e. The standard InChI is InChI=1S/C14H20N2O6S/c1-4-21-13(17)12(9-8-20-5-6-22-9)23-14-15-10(18-2)7-11(16-14)19-3/h7,9,12H,4-6,8H2,1-3H3. The van der Waals surface area contributed by atoms with E-state index in [0.29, 0.717) is 36.7 Å². The Bertz CT molecular complexity index is 502. The minimum atomic E-state index is -0.632. The van der Waals surface area contributed by atoms with Crippen LogP contribution in [0.4, 0.5) is 0 Å². The first-order chi connectivity index (χ1) is 11.2. The van der Waals surface area contributed by atoms with E-state index in [1.165, 1.54) is 14.2 Å². The highest BCUT2D eigenvalue weighted by Crippen LogP contribution is 2.29. The van der Waals surface area contributed by atoms with Gasteiger partial charge in [0.2, 0.25) is 11.8 Å². The molecule has 0 saturated carbocycles. The van der Waals surface area contributed by atoms with Gasteiger partial charge in [-0.25, -0.2) is 0 Å². The van der Waals surface area contributed by atoms with Gasteiger partial charge < -0.3 is 23.7 Å². The molecule has 2 heterocycles. The Kier molecular flexibility index (Phi) is 6.87. The van der Waals surface area contributed by atoms with E-state index in [2.05, 4.69) is 9.97 Å². The highest BCUT2D eigenvalue weighted by Gasteiger charge is 2.34. The zero-order valence-corrected chi connectivity index (χ0v) is 14.1. The molecule has 1 aliphatic heterocycles. The summed E-state index contributed by atoms with van der Waals surface area (Å²) in [5, 5.41) is -0.291. The normalized spacial score (nSPS) is 19.0. The van der Waals surface area contributed by atoms with E-state index in [1.54, 1.807) is 13.0 Å². The molecule has 0 bridgehead atoms. The number of nitrogens with zero attached hydrogens (tertiary/aromatic N) is 2. The van der Waals surface area contributed by atoms with E-state index in [0.717, 1.165) is 11.8 Å². The molecule has 0 aliphatic carbocycles. The molecule has 1 aliphatic rings. The van der Waals surface area contributed by atoms with Gasteiger partial charge in [0.15, 0.2) is 5.16 Å². The lowest BCUT2D eigenvalue weighted by Gasteiger charge is -2.28. The zero-order valence-electron chi connectivity index (χ0n) is 13.3. The van der Waals surface area contributed by atoms with Gasteiger partial charge in [-0.1, -0.05) is 11.8 Å². The van der Waals surface area contributed by atoms with E-state index in [9.17, 15) is 4.79 Å². The predicted molar refractivity (Wildman–Crippen MR) is 82.0 cm³/mol. The van der Waals surface area contributed by atoms with Crippen LogP contribution in [0, 0.1) is 0 Å². The Hall–Kier alpha value is -1.58. The number of thioether (sulfide) groups is 1. The average molecular weight is 344 g/mol. The Labute approximate surface area is 138 Å². The fourth-order valence-corrected chi connectivity index (χ4v) is 2.93. The fourth-order valence-electron chi connectivity index (χ4n) is 1.94. The number of carbonyl (C=O) groups excluding carboxylic acids is 1. The molecule has 0 N–H and O–H groups in total. The van der Waals surface area contributed by atoms with Gasteiger partial charge >= 0.3 is 5.97 Å². The van der Waals surface area contributed by atoms with Crippen molar-refractivity contribution >= 4 is 17.7 Å². The van der Waals surface area contributed by atoms with E-state index in [1.807, 2.05) is 0 Å². The van der Waals surface area contributed by atoms with Crippen LogP contribution in [-0.2, 0) is 19.0 Å². The van der Waals surface area contributed by atoms with Crippen LogP contribution in [0.15, 0.2) is 11.2 Å². The lowest BCUT2D eigenvalue weighted by atomic mass is 10.2. The van der Waals surface area contributed by atoms with Gasteiger partial charge in [-0.15, -0.1) is 0 Å². The van der Waals surface area contributed by atoms with Crippen LogP contribution < -0.4 is 9.47 Å². The van der Waals surface area contributed by atoms with Crippen molar-refractivity contribution in [1.82, 2.24) is 9.97 Å². The number of hydrogen-bond acceptors (Lipinski definition) is 9. The van der Waals surface area contributed by atoms with Gasteiger partial charge in [0.05, 0.1) is 46.7 Å². The third kappa shape index (κ3) is 4.95. The van der Waals surface area contributed by atoms with Crippen molar-refractivity contribution < 1.29 is 28.5 Å². The summed E-state index contributed by atoms with van der Waals surface area (Å²) in [5.74, 6) is 0.309. The number of rotatable bonds is 7. The Morgan fingerprint density at radius 2 is 2.04 bits per heavy atom. The SMILES string of the molecule is CCOC(=O)C(Sc1nc(OC)cc(OC)n1)C1COCCO1. The van der Waals surface area contributed by atoms with Gasteiger partial charge in [0, 0.05) is 0 Å². The molecular formula is C14H20N2O6S. The second-order valence-corrected chi connectivity index (χ2v) is 5.62. The topological polar surface area (TPSA) is 89.0 Å². The molecule has 2 atom stereocenters. The highest BCUT2D eigenvalue weighted by molar-refractivity contribution is 8.00. The van der Waals surface area contributed by atoms with Crippen molar-refractivity contribution in [3.8, 4) is 11.8 Å². The van der Waals surface area contributed by atoms with Crippen molar-refractivity contribution in [2.75, 3.05) is 40.6 Å². The summed E-state index contributed by atoms with van der Waals surface area (Å²) < 4.78 is 26.4. The van der Waals surface area contributed by atoms with Crippen molar-refractivity contribution in [3.63, 3.8) is 0 Å². The molecule has 1 aromatic rings. The minimum Gasteiger partial charge on any atom is -0.481 e. The molecule has 8 nitrogen and oxygen atoms in total. The molecule has 1 aromatic heterocycles. The van der Waals surface area contributed by atoms with Crippen LogP contribution >= 0.6 is 11.8 Å². The molecule has 2 unspecified atom stereocenters. The van der Waals surface area contributed by atoms with Crippen LogP contribution in [0.5, 0.6) is 11.8 Å². The number of aromatic nitrogens is 2. The summed E-state index contributed by atoms with van der Waals surface area (Å²) in [5.41, 5.74) is 0. The van der Waals surface area contributed by atoms with Crippen molar-refractivity contribution in [3.05, 3.63) is 6.07 Å². The summed E-state index contributed by atoms with van der Waals surface area (Å²) >= 11 is 1.14. The second kappa shape index (κ2) is 8.90. The highest BCUT2D eigenvalue weighted by atomic mass is 32.2. The van der Waals surface area contributed by atoms with E-state index in [-0.39, 0.29) is 6.61 Å². The van der Waals surface area contributed by atoms with Crippen LogP contribution in [0.25, 0.3) is 0 Å². The summed E-state index contributed by atoms with van der Waals surface area (Å²) in [6.45, 7) is 3.30. The molecule has 1 saturated heterocycles. The largest absolute Gasteiger partial charge is 0.481 e. The minimum absolute atomic E-state index is 0.283. The molecule has 128 valence electrons. The van der Waals surface area contributed by atoms with E-state index >= 15 is 0 Å². The third-order valence-electron chi connectivity index (χ3n) is 3.01. The lowest BCUT2D eigenvalue weighted by Crippen LogP contribution is -2.42. The Morgan fingerprint density at radius 3 is 2.57 bits per heavy atom. The summed E-state index contributed by atoms with van der Waals surface area (Å²) in [7, 11) is 2.99. The predicted octanol–water partition coefficient (Wildman–Crippen LogP) is 0.933.